The van der Waals surface area contributed by atoms with Crippen LogP contribution in [0.15, 0.2) is 40.9 Å². The molecule has 0 aliphatic carbocycles. The van der Waals surface area contributed by atoms with Crippen LogP contribution in [0.3, 0.4) is 0 Å². The lowest BCUT2D eigenvalue weighted by Crippen LogP contribution is -2.18. The largest absolute Gasteiger partial charge is 0.462 e. The number of anilines is 1. The predicted molar refractivity (Wildman–Crippen MR) is 107 cm³/mol. The topological polar surface area (TPSA) is 81.4 Å². The number of carbonyl (C=O) groups excluding carboxylic acids is 2. The quantitative estimate of drug-likeness (QED) is 0.479. The summed E-state index contributed by atoms with van der Waals surface area (Å²) in [6.07, 6.45) is 1.80. The molecule has 0 atom stereocenters. The lowest BCUT2D eigenvalue weighted by molar-refractivity contribution is -0.115. The van der Waals surface area contributed by atoms with Crippen molar-refractivity contribution in [3.8, 4) is 0 Å². The van der Waals surface area contributed by atoms with Crippen LogP contribution in [-0.2, 0) is 16.0 Å². The SMILES string of the molecule is CCCCOC(=O)c1ccccc1NC(=O)Cc1noc2cc(C)cc(C)c12. The van der Waals surface area contributed by atoms with E-state index in [1.165, 1.54) is 0 Å². The van der Waals surface area contributed by atoms with Gasteiger partial charge in [-0.05, 0) is 49.6 Å². The first-order valence-electron chi connectivity index (χ1n) is 9.41. The summed E-state index contributed by atoms with van der Waals surface area (Å²) in [5.41, 5.74) is 4.10. The van der Waals surface area contributed by atoms with Gasteiger partial charge in [-0.1, -0.05) is 36.7 Å². The van der Waals surface area contributed by atoms with Crippen LogP contribution < -0.4 is 5.32 Å². The van der Waals surface area contributed by atoms with E-state index in [0.29, 0.717) is 29.1 Å². The standard InChI is InChI=1S/C22H24N2O4/c1-4-5-10-27-22(26)16-8-6-7-9-17(16)23-20(25)13-18-21-15(3)11-14(2)12-19(21)28-24-18/h6-9,11-12H,4-5,10,13H2,1-3H3,(H,23,25). The Morgan fingerprint density at radius 3 is 2.75 bits per heavy atom. The van der Waals surface area contributed by atoms with Crippen molar-refractivity contribution in [2.24, 2.45) is 0 Å². The van der Waals surface area contributed by atoms with Gasteiger partial charge in [0.15, 0.2) is 5.58 Å². The number of nitrogens with one attached hydrogen (secondary N) is 1. The molecule has 0 bridgehead atoms. The molecule has 0 aliphatic heterocycles. The highest BCUT2D eigenvalue weighted by Gasteiger charge is 2.18. The molecule has 2 aromatic carbocycles. The van der Waals surface area contributed by atoms with E-state index in [1.54, 1.807) is 24.3 Å². The summed E-state index contributed by atoms with van der Waals surface area (Å²) in [7, 11) is 0. The smallest absolute Gasteiger partial charge is 0.340 e. The summed E-state index contributed by atoms with van der Waals surface area (Å²) in [4.78, 5) is 24.9. The zero-order valence-electron chi connectivity index (χ0n) is 16.4. The van der Waals surface area contributed by atoms with Gasteiger partial charge in [0, 0.05) is 5.39 Å². The van der Waals surface area contributed by atoms with Gasteiger partial charge in [0.1, 0.15) is 5.69 Å². The minimum atomic E-state index is -0.442. The van der Waals surface area contributed by atoms with Crippen LogP contribution in [0.5, 0.6) is 0 Å². The van der Waals surface area contributed by atoms with Gasteiger partial charge in [-0.2, -0.15) is 0 Å². The first-order chi connectivity index (χ1) is 13.5. The third kappa shape index (κ3) is 4.39. The zero-order valence-corrected chi connectivity index (χ0v) is 16.4. The van der Waals surface area contributed by atoms with E-state index in [0.717, 1.165) is 29.4 Å². The highest BCUT2D eigenvalue weighted by molar-refractivity contribution is 6.02. The Hall–Kier alpha value is -3.15. The molecular weight excluding hydrogens is 356 g/mol. The molecule has 28 heavy (non-hydrogen) atoms. The number of rotatable bonds is 7. The van der Waals surface area contributed by atoms with Gasteiger partial charge in [-0.25, -0.2) is 4.79 Å². The maximum absolute atomic E-state index is 12.6. The fraction of sp³-hybridized carbons (Fsp3) is 0.318. The number of aromatic nitrogens is 1. The van der Waals surface area contributed by atoms with Gasteiger partial charge >= 0.3 is 5.97 Å². The summed E-state index contributed by atoms with van der Waals surface area (Å²) in [6, 6.07) is 10.8. The summed E-state index contributed by atoms with van der Waals surface area (Å²) in [5, 5.41) is 7.71. The van der Waals surface area contributed by atoms with Crippen molar-refractivity contribution in [1.29, 1.82) is 0 Å². The average Bonchev–Trinajstić information content (AvgIpc) is 3.04. The monoisotopic (exact) mass is 380 g/mol. The number of benzene rings is 2. The Labute approximate surface area is 163 Å². The van der Waals surface area contributed by atoms with Gasteiger partial charge in [-0.15, -0.1) is 0 Å². The van der Waals surface area contributed by atoms with Gasteiger partial charge in [0.25, 0.3) is 0 Å². The molecule has 6 nitrogen and oxygen atoms in total. The van der Waals surface area contributed by atoms with Crippen LogP contribution in [0.2, 0.25) is 0 Å². The summed E-state index contributed by atoms with van der Waals surface area (Å²) >= 11 is 0. The molecule has 0 saturated heterocycles. The number of fused-ring (bicyclic) bond motifs is 1. The molecule has 0 saturated carbocycles. The summed E-state index contributed by atoms with van der Waals surface area (Å²) in [5.74, 6) is -0.716. The molecule has 1 N–H and O–H groups in total. The fourth-order valence-electron chi connectivity index (χ4n) is 3.14. The molecule has 1 heterocycles. The maximum atomic E-state index is 12.6. The number of ether oxygens (including phenoxy) is 1. The molecule has 0 fully saturated rings. The summed E-state index contributed by atoms with van der Waals surface area (Å²) in [6.45, 7) is 6.34. The maximum Gasteiger partial charge on any atom is 0.340 e. The van der Waals surface area contributed by atoms with E-state index in [4.69, 9.17) is 9.26 Å². The second-order valence-electron chi connectivity index (χ2n) is 6.84. The highest BCUT2D eigenvalue weighted by Crippen LogP contribution is 2.25. The molecule has 146 valence electrons. The Balaban J connectivity index is 1.75. The Bertz CT molecular complexity index is 1010. The van der Waals surface area contributed by atoms with E-state index in [2.05, 4.69) is 10.5 Å². The Kier molecular flexibility index (Phi) is 6.09. The molecule has 1 amide bonds. The van der Waals surface area contributed by atoms with Crippen LogP contribution in [0, 0.1) is 13.8 Å². The normalized spacial score (nSPS) is 10.8. The van der Waals surface area contributed by atoms with Gasteiger partial charge in [0.05, 0.1) is 24.3 Å². The van der Waals surface area contributed by atoms with Crippen molar-refractivity contribution in [2.75, 3.05) is 11.9 Å². The molecule has 3 rings (SSSR count). The molecule has 0 unspecified atom stereocenters. The van der Waals surface area contributed by atoms with Gasteiger partial charge < -0.3 is 14.6 Å². The number of para-hydroxylation sites is 1. The number of hydrogen-bond acceptors (Lipinski definition) is 5. The van der Waals surface area contributed by atoms with Crippen molar-refractivity contribution in [1.82, 2.24) is 5.16 Å². The van der Waals surface area contributed by atoms with Crippen molar-refractivity contribution in [3.05, 3.63) is 58.8 Å². The van der Waals surface area contributed by atoms with E-state index in [1.807, 2.05) is 32.9 Å². The number of nitrogens with zero attached hydrogens (tertiary/aromatic N) is 1. The number of aryl methyl sites for hydroxylation is 2. The Morgan fingerprint density at radius 1 is 1.18 bits per heavy atom. The number of amides is 1. The van der Waals surface area contributed by atoms with Crippen LogP contribution in [0.25, 0.3) is 11.0 Å². The fourth-order valence-corrected chi connectivity index (χ4v) is 3.14. The van der Waals surface area contributed by atoms with Crippen LogP contribution in [0.1, 0.15) is 46.9 Å². The third-order valence-electron chi connectivity index (χ3n) is 4.47. The highest BCUT2D eigenvalue weighted by atomic mass is 16.5. The van der Waals surface area contributed by atoms with Crippen molar-refractivity contribution >= 4 is 28.5 Å². The first-order valence-corrected chi connectivity index (χ1v) is 9.41. The minimum Gasteiger partial charge on any atom is -0.462 e. The molecule has 0 aliphatic rings. The molecule has 6 heteroatoms. The zero-order chi connectivity index (χ0) is 20.1. The number of hydrogen-bond donors (Lipinski definition) is 1. The predicted octanol–water partition coefficient (Wildman–Crippen LogP) is 4.58. The lowest BCUT2D eigenvalue weighted by atomic mass is 10.0. The average molecular weight is 380 g/mol. The van der Waals surface area contributed by atoms with E-state index in [9.17, 15) is 9.59 Å². The molecule has 0 radical (unpaired) electrons. The van der Waals surface area contributed by atoms with Gasteiger partial charge in [-0.3, -0.25) is 4.79 Å². The lowest BCUT2D eigenvalue weighted by Gasteiger charge is -2.10. The van der Waals surface area contributed by atoms with Crippen molar-refractivity contribution in [2.45, 2.75) is 40.0 Å². The molecule has 1 aromatic heterocycles. The minimum absolute atomic E-state index is 0.0517. The molecular formula is C22H24N2O4. The van der Waals surface area contributed by atoms with Gasteiger partial charge in [0.2, 0.25) is 5.91 Å². The van der Waals surface area contributed by atoms with Crippen LogP contribution in [0.4, 0.5) is 5.69 Å². The number of esters is 1. The number of unbranched alkanes of at least 4 members (excludes halogenated alkanes) is 1. The molecule has 3 aromatic rings. The van der Waals surface area contributed by atoms with Crippen molar-refractivity contribution in [3.63, 3.8) is 0 Å². The van der Waals surface area contributed by atoms with E-state index >= 15 is 0 Å². The first kappa shape index (κ1) is 19.6. The van der Waals surface area contributed by atoms with Crippen LogP contribution in [-0.4, -0.2) is 23.6 Å². The summed E-state index contributed by atoms with van der Waals surface area (Å²) < 4.78 is 10.6. The Morgan fingerprint density at radius 2 is 1.96 bits per heavy atom. The second kappa shape index (κ2) is 8.69. The second-order valence-corrected chi connectivity index (χ2v) is 6.84. The van der Waals surface area contributed by atoms with E-state index in [-0.39, 0.29) is 12.3 Å². The molecule has 0 spiro atoms. The van der Waals surface area contributed by atoms with Crippen molar-refractivity contribution < 1.29 is 18.8 Å². The van der Waals surface area contributed by atoms with Crippen LogP contribution >= 0.6 is 0 Å². The van der Waals surface area contributed by atoms with E-state index < -0.39 is 5.97 Å². The third-order valence-corrected chi connectivity index (χ3v) is 4.47. The number of carbonyl (C=O) groups is 2.